The first-order valence-electron chi connectivity index (χ1n) is 20.1. The van der Waals surface area contributed by atoms with Crippen molar-refractivity contribution < 1.29 is 50.4 Å². The van der Waals surface area contributed by atoms with E-state index in [0.717, 1.165) is 18.4 Å². The van der Waals surface area contributed by atoms with Crippen LogP contribution in [-0.2, 0) is 38.2 Å². The summed E-state index contributed by atoms with van der Waals surface area (Å²) in [5.41, 5.74) is 1.87. The summed E-state index contributed by atoms with van der Waals surface area (Å²) < 4.78 is 61.3. The summed E-state index contributed by atoms with van der Waals surface area (Å²) in [5.74, 6) is -1.28. The van der Waals surface area contributed by atoms with E-state index >= 15 is 4.39 Å². The van der Waals surface area contributed by atoms with Gasteiger partial charge in [0.15, 0.2) is 0 Å². The number of amides is 3. The molecule has 5 rings (SSSR count). The predicted molar refractivity (Wildman–Crippen MR) is 218 cm³/mol. The van der Waals surface area contributed by atoms with Crippen LogP contribution in [0, 0.1) is 24.6 Å². The molecular weight excluding hydrogens is 782 g/mol. The van der Waals surface area contributed by atoms with E-state index < -0.39 is 39.5 Å². The number of carbonyl (C=O) groups excluding carboxylic acids is 4. The third-order valence-corrected chi connectivity index (χ3v) is 11.8. The number of rotatable bonds is 15. The van der Waals surface area contributed by atoms with Gasteiger partial charge in [0.2, 0.25) is 11.8 Å². The van der Waals surface area contributed by atoms with E-state index in [1.54, 1.807) is 52.3 Å². The summed E-state index contributed by atoms with van der Waals surface area (Å²) in [6.07, 6.45) is 3.29. The van der Waals surface area contributed by atoms with E-state index in [4.69, 9.17) is 18.4 Å². The van der Waals surface area contributed by atoms with Gasteiger partial charge >= 0.3 is 12.1 Å². The number of esters is 1. The fourth-order valence-electron chi connectivity index (χ4n) is 7.23. The maximum absolute atomic E-state index is 15.2. The highest BCUT2D eigenvalue weighted by Gasteiger charge is 2.32. The van der Waals surface area contributed by atoms with Crippen molar-refractivity contribution in [1.82, 2.24) is 15.1 Å². The number of hydrogen-bond acceptors (Lipinski definition) is 10. The van der Waals surface area contributed by atoms with Crippen LogP contribution in [-0.4, -0.2) is 94.2 Å². The molecule has 2 saturated heterocycles. The van der Waals surface area contributed by atoms with Crippen molar-refractivity contribution in [2.24, 2.45) is 11.8 Å². The number of nitrogens with one attached hydrogen (secondary N) is 1. The third kappa shape index (κ3) is 13.5. The van der Waals surface area contributed by atoms with Crippen molar-refractivity contribution in [3.05, 3.63) is 83.7 Å². The van der Waals surface area contributed by atoms with Gasteiger partial charge in [-0.1, -0.05) is 29.8 Å². The highest BCUT2D eigenvalue weighted by Crippen LogP contribution is 2.30. The quantitative estimate of drug-likeness (QED) is 0.0963. The zero-order chi connectivity index (χ0) is 42.7. The van der Waals surface area contributed by atoms with Gasteiger partial charge in [-0.2, -0.15) is 8.42 Å². The average Bonchev–Trinajstić information content (AvgIpc) is 3.21. The van der Waals surface area contributed by atoms with Gasteiger partial charge in [0.1, 0.15) is 30.4 Å². The molecule has 0 aromatic heterocycles. The second-order valence-electron chi connectivity index (χ2n) is 16.2. The Balaban J connectivity index is 1.15. The highest BCUT2D eigenvalue weighted by molar-refractivity contribution is 7.86. The lowest BCUT2D eigenvalue weighted by molar-refractivity contribution is -0.141. The molecule has 0 aliphatic carbocycles. The maximum atomic E-state index is 15.2. The maximum Gasteiger partial charge on any atom is 0.410 e. The number of likely N-dealkylation sites (tertiary alicyclic amines) is 2. The average molecular weight is 838 g/mol. The summed E-state index contributed by atoms with van der Waals surface area (Å²) in [5, 5.41) is 2.94. The van der Waals surface area contributed by atoms with Crippen molar-refractivity contribution in [3.8, 4) is 16.9 Å². The van der Waals surface area contributed by atoms with Crippen LogP contribution in [0.2, 0.25) is 0 Å². The normalized spacial score (nSPS) is 16.9. The number of ether oxygens (including phenoxy) is 3. The molecule has 0 bridgehead atoms. The van der Waals surface area contributed by atoms with Crippen molar-refractivity contribution >= 4 is 34.0 Å². The molecule has 2 aliphatic rings. The Bertz CT molecular complexity index is 2030. The molecule has 13 nitrogen and oxygen atoms in total. The molecule has 2 fully saturated rings. The molecule has 3 amide bonds. The Hall–Kier alpha value is -5.02. The van der Waals surface area contributed by atoms with E-state index in [1.165, 1.54) is 31.4 Å². The molecule has 3 aromatic carbocycles. The lowest BCUT2D eigenvalue weighted by Crippen LogP contribution is -2.46. The number of carbonyl (C=O) groups is 4. The van der Waals surface area contributed by atoms with Crippen molar-refractivity contribution in [2.75, 3.05) is 46.5 Å². The molecule has 0 spiro atoms. The van der Waals surface area contributed by atoms with Crippen LogP contribution in [0.25, 0.3) is 11.1 Å². The zero-order valence-electron chi connectivity index (χ0n) is 34.5. The minimum Gasteiger partial charge on any atom is -0.491 e. The second-order valence-corrected chi connectivity index (χ2v) is 17.8. The van der Waals surface area contributed by atoms with Crippen LogP contribution in [0.5, 0.6) is 5.75 Å². The Morgan fingerprint density at radius 3 is 2.24 bits per heavy atom. The molecule has 15 heteroatoms. The van der Waals surface area contributed by atoms with Crippen molar-refractivity contribution in [2.45, 2.75) is 89.2 Å². The lowest BCUT2D eigenvalue weighted by Gasteiger charge is -2.35. The van der Waals surface area contributed by atoms with E-state index in [2.05, 4.69) is 5.32 Å². The first kappa shape index (κ1) is 45.1. The number of nitrogens with zero attached hydrogens (tertiary/aromatic N) is 2. The summed E-state index contributed by atoms with van der Waals surface area (Å²) in [6.45, 7) is 9.11. The van der Waals surface area contributed by atoms with Gasteiger partial charge in [-0.3, -0.25) is 18.6 Å². The molecular formula is C44H56FN3O10S. The van der Waals surface area contributed by atoms with E-state index in [-0.39, 0.29) is 49.0 Å². The minimum atomic E-state index is -3.93. The van der Waals surface area contributed by atoms with Gasteiger partial charge in [0, 0.05) is 32.6 Å². The van der Waals surface area contributed by atoms with Crippen LogP contribution in [0.3, 0.4) is 0 Å². The zero-order valence-corrected chi connectivity index (χ0v) is 35.4. The monoisotopic (exact) mass is 837 g/mol. The number of hydrogen-bond donors (Lipinski definition) is 1. The minimum absolute atomic E-state index is 0.0197. The second kappa shape index (κ2) is 20.3. The third-order valence-electron chi connectivity index (χ3n) is 10.5. The Morgan fingerprint density at radius 2 is 1.58 bits per heavy atom. The van der Waals surface area contributed by atoms with Crippen molar-refractivity contribution in [1.29, 1.82) is 0 Å². The van der Waals surface area contributed by atoms with E-state index in [0.29, 0.717) is 73.7 Å². The van der Waals surface area contributed by atoms with Gasteiger partial charge in [-0.05, 0) is 125 Å². The number of methoxy groups -OCH3 is 1. The largest absolute Gasteiger partial charge is 0.491 e. The first-order chi connectivity index (χ1) is 28.0. The van der Waals surface area contributed by atoms with E-state index in [9.17, 15) is 27.6 Å². The van der Waals surface area contributed by atoms with Gasteiger partial charge in [-0.25, -0.2) is 9.18 Å². The molecule has 2 heterocycles. The van der Waals surface area contributed by atoms with Crippen LogP contribution >= 0.6 is 0 Å². The molecule has 1 N–H and O–H groups in total. The molecule has 2 unspecified atom stereocenters. The molecule has 59 heavy (non-hydrogen) atoms. The number of piperidine rings is 2. The SMILES string of the molecule is COC(=O)CC(NC(=O)C1CCCN(C(=O)CCC2CCN(C(=O)OC(C)(C)C)CC2)C1)c1cc(F)cc(-c2ccc(OCCOS(=O)(=O)c3ccc(C)cc3)cc2)c1. The summed E-state index contributed by atoms with van der Waals surface area (Å²) in [6, 6.07) is 16.5. The van der Waals surface area contributed by atoms with Crippen LogP contribution in [0.1, 0.15) is 82.9 Å². The van der Waals surface area contributed by atoms with Gasteiger partial charge in [-0.15, -0.1) is 0 Å². The Morgan fingerprint density at radius 1 is 0.881 bits per heavy atom. The van der Waals surface area contributed by atoms with Gasteiger partial charge in [0.05, 0.1) is 30.4 Å². The smallest absolute Gasteiger partial charge is 0.410 e. The standard InChI is InChI=1S/C44H56FN3O10S/c1-30-8-15-38(16-9-30)59(53,54)57-24-23-56-37-13-11-32(12-14-37)34-25-35(27-36(45)26-34)39(28-41(50)55-5)46-42(51)33-7-6-20-48(29-33)40(49)17-10-31-18-21-47(22-19-31)43(52)58-44(2,3)4/h8-9,11-16,25-27,31,33,39H,6-7,10,17-24,28-29H2,1-5H3,(H,46,51). The van der Waals surface area contributed by atoms with Gasteiger partial charge < -0.3 is 29.3 Å². The van der Waals surface area contributed by atoms with Crippen molar-refractivity contribution in [3.63, 3.8) is 0 Å². The molecule has 0 radical (unpaired) electrons. The summed E-state index contributed by atoms with van der Waals surface area (Å²) in [4.78, 5) is 55.5. The summed E-state index contributed by atoms with van der Waals surface area (Å²) in [7, 11) is -2.69. The first-order valence-corrected chi connectivity index (χ1v) is 21.5. The molecule has 2 aliphatic heterocycles. The molecule has 2 atom stereocenters. The molecule has 3 aromatic rings. The molecule has 0 saturated carbocycles. The Kier molecular flexibility index (Phi) is 15.5. The number of aryl methyl sites for hydroxylation is 1. The van der Waals surface area contributed by atoms with Gasteiger partial charge in [0.25, 0.3) is 10.1 Å². The lowest BCUT2D eigenvalue weighted by atomic mass is 9.91. The summed E-state index contributed by atoms with van der Waals surface area (Å²) >= 11 is 0. The fraction of sp³-hybridized carbons (Fsp3) is 0.500. The number of benzene rings is 3. The highest BCUT2D eigenvalue weighted by atomic mass is 32.2. The topological polar surface area (TPSA) is 158 Å². The van der Waals surface area contributed by atoms with E-state index in [1.807, 2.05) is 27.7 Å². The molecule has 320 valence electrons. The fourth-order valence-corrected chi connectivity index (χ4v) is 8.12. The van der Waals surface area contributed by atoms with Crippen LogP contribution in [0.4, 0.5) is 9.18 Å². The Labute approximate surface area is 346 Å². The predicted octanol–water partition coefficient (Wildman–Crippen LogP) is 6.97. The number of halogens is 1. The van der Waals surface area contributed by atoms with Crippen LogP contribution < -0.4 is 10.1 Å². The van der Waals surface area contributed by atoms with Crippen LogP contribution in [0.15, 0.2) is 71.6 Å².